The molecule has 0 heterocycles. The molecule has 2 N–H and O–H groups in total. The molecule has 0 aliphatic carbocycles. The molecular formula is C16H25NO4S. The number of nitrogens with one attached hydrogen (secondary N) is 1. The van der Waals surface area contributed by atoms with Crippen LogP contribution in [0, 0.1) is 25.2 Å². The predicted molar refractivity (Wildman–Crippen MR) is 86.3 cm³/mol. The first kappa shape index (κ1) is 18.6. The van der Waals surface area contributed by atoms with Crippen molar-refractivity contribution in [2.75, 3.05) is 6.54 Å². The molecule has 0 aliphatic rings. The van der Waals surface area contributed by atoms with E-state index < -0.39 is 16.0 Å². The van der Waals surface area contributed by atoms with Gasteiger partial charge in [0, 0.05) is 13.0 Å². The molecule has 1 rings (SSSR count). The Bertz CT molecular complexity index is 645. The van der Waals surface area contributed by atoms with Gasteiger partial charge in [0.1, 0.15) is 0 Å². The number of aliphatic carboxylic acids is 1. The Hall–Kier alpha value is -1.40. The van der Waals surface area contributed by atoms with Crippen molar-refractivity contribution >= 4 is 16.0 Å². The van der Waals surface area contributed by atoms with Gasteiger partial charge in [-0.1, -0.05) is 38.5 Å². The van der Waals surface area contributed by atoms with E-state index in [2.05, 4.69) is 4.72 Å². The van der Waals surface area contributed by atoms with Crippen molar-refractivity contribution < 1.29 is 18.3 Å². The average Bonchev–Trinajstić information content (AvgIpc) is 2.32. The molecule has 0 fully saturated rings. The number of sulfonamides is 1. The summed E-state index contributed by atoms with van der Waals surface area (Å²) in [5.74, 6) is -1.21. The average molecular weight is 327 g/mol. The first-order valence-electron chi connectivity index (χ1n) is 7.22. The number of hydrogen-bond acceptors (Lipinski definition) is 3. The molecule has 1 aromatic carbocycles. The maximum absolute atomic E-state index is 12.4. The third kappa shape index (κ3) is 5.10. The molecule has 0 saturated heterocycles. The lowest BCUT2D eigenvalue weighted by Crippen LogP contribution is -2.36. The smallest absolute Gasteiger partial charge is 0.303 e. The molecule has 1 atom stereocenters. The number of aryl methyl sites for hydroxylation is 2. The third-order valence-electron chi connectivity index (χ3n) is 3.79. The summed E-state index contributed by atoms with van der Waals surface area (Å²) in [4.78, 5) is 11.2. The van der Waals surface area contributed by atoms with Crippen LogP contribution in [0.3, 0.4) is 0 Å². The van der Waals surface area contributed by atoms with Gasteiger partial charge in [-0.25, -0.2) is 13.1 Å². The molecule has 0 saturated carbocycles. The van der Waals surface area contributed by atoms with E-state index >= 15 is 0 Å². The molecule has 5 nitrogen and oxygen atoms in total. The van der Waals surface area contributed by atoms with Gasteiger partial charge in [-0.15, -0.1) is 0 Å². The molecule has 124 valence electrons. The van der Waals surface area contributed by atoms with E-state index in [0.717, 1.165) is 5.56 Å². The van der Waals surface area contributed by atoms with E-state index in [1.54, 1.807) is 19.1 Å². The highest BCUT2D eigenvalue weighted by Gasteiger charge is 2.29. The number of benzene rings is 1. The standard InChI is InChI=1S/C16H25NO4S/c1-11-6-7-14(12(2)8-11)22(20,21)17-10-13(9-15(18)19)16(3,4)5/h6-8,13,17H,9-10H2,1-5H3,(H,18,19). The number of carboxylic acid groups (broad SMARTS) is 1. The molecule has 1 unspecified atom stereocenters. The van der Waals surface area contributed by atoms with Gasteiger partial charge in [0.25, 0.3) is 0 Å². The maximum Gasteiger partial charge on any atom is 0.303 e. The number of rotatable bonds is 6. The van der Waals surface area contributed by atoms with E-state index in [1.165, 1.54) is 0 Å². The summed E-state index contributed by atoms with van der Waals surface area (Å²) >= 11 is 0. The number of carbonyl (C=O) groups is 1. The van der Waals surface area contributed by atoms with Crippen LogP contribution in [0.15, 0.2) is 23.1 Å². The van der Waals surface area contributed by atoms with E-state index in [-0.39, 0.29) is 29.2 Å². The molecule has 6 heteroatoms. The summed E-state index contributed by atoms with van der Waals surface area (Å²) in [6.45, 7) is 9.48. The van der Waals surface area contributed by atoms with E-state index in [0.29, 0.717) is 5.56 Å². The zero-order chi connectivity index (χ0) is 17.1. The van der Waals surface area contributed by atoms with Gasteiger partial charge in [-0.3, -0.25) is 4.79 Å². The van der Waals surface area contributed by atoms with E-state index in [9.17, 15) is 13.2 Å². The Morgan fingerprint density at radius 3 is 2.32 bits per heavy atom. The first-order valence-corrected chi connectivity index (χ1v) is 8.70. The van der Waals surface area contributed by atoms with Crippen molar-refractivity contribution in [2.24, 2.45) is 11.3 Å². The normalized spacial score (nSPS) is 13.9. The molecule has 0 amide bonds. The van der Waals surface area contributed by atoms with Crippen LogP contribution in [-0.4, -0.2) is 26.0 Å². The van der Waals surface area contributed by atoms with Crippen LogP contribution in [-0.2, 0) is 14.8 Å². The van der Waals surface area contributed by atoms with Crippen molar-refractivity contribution in [3.8, 4) is 0 Å². The highest BCUT2D eigenvalue weighted by molar-refractivity contribution is 7.89. The second kappa shape index (κ2) is 6.79. The Balaban J connectivity index is 2.94. The molecule has 1 aromatic rings. The second-order valence-corrected chi connectivity index (χ2v) is 8.52. The Kier molecular flexibility index (Phi) is 5.76. The molecule has 0 aromatic heterocycles. The summed E-state index contributed by atoms with van der Waals surface area (Å²) in [6.07, 6.45) is -0.0705. The maximum atomic E-state index is 12.4. The molecule has 22 heavy (non-hydrogen) atoms. The van der Waals surface area contributed by atoms with Gasteiger partial charge >= 0.3 is 5.97 Å². The number of carboxylic acids is 1. The molecular weight excluding hydrogens is 302 g/mol. The van der Waals surface area contributed by atoms with Crippen molar-refractivity contribution in [3.63, 3.8) is 0 Å². The van der Waals surface area contributed by atoms with E-state index in [4.69, 9.17) is 5.11 Å². The largest absolute Gasteiger partial charge is 0.481 e. The van der Waals surface area contributed by atoms with Crippen molar-refractivity contribution in [2.45, 2.75) is 45.9 Å². The topological polar surface area (TPSA) is 83.5 Å². The van der Waals surface area contributed by atoms with Crippen LogP contribution in [0.25, 0.3) is 0 Å². The Labute approximate surface area is 132 Å². The minimum Gasteiger partial charge on any atom is -0.481 e. The van der Waals surface area contributed by atoms with Crippen LogP contribution < -0.4 is 4.72 Å². The summed E-state index contributed by atoms with van der Waals surface area (Å²) in [7, 11) is -3.64. The molecule has 0 aliphatic heterocycles. The second-order valence-electron chi connectivity index (χ2n) is 6.78. The van der Waals surface area contributed by atoms with Gasteiger partial charge in [0.05, 0.1) is 4.90 Å². The Morgan fingerprint density at radius 1 is 1.27 bits per heavy atom. The fraction of sp³-hybridized carbons (Fsp3) is 0.562. The third-order valence-corrected chi connectivity index (χ3v) is 5.37. The highest BCUT2D eigenvalue weighted by atomic mass is 32.2. The van der Waals surface area contributed by atoms with Crippen molar-refractivity contribution in [1.82, 2.24) is 4.72 Å². The summed E-state index contributed by atoms with van der Waals surface area (Å²) in [5.41, 5.74) is 1.37. The lowest BCUT2D eigenvalue weighted by atomic mass is 9.79. The summed E-state index contributed by atoms with van der Waals surface area (Å²) < 4.78 is 27.4. The van der Waals surface area contributed by atoms with E-state index in [1.807, 2.05) is 33.8 Å². The van der Waals surface area contributed by atoms with Crippen LogP contribution in [0.2, 0.25) is 0 Å². The minimum absolute atomic E-state index is 0.0705. The zero-order valence-electron chi connectivity index (χ0n) is 13.8. The van der Waals surface area contributed by atoms with Crippen LogP contribution in [0.1, 0.15) is 38.3 Å². The van der Waals surface area contributed by atoms with Crippen molar-refractivity contribution in [3.05, 3.63) is 29.3 Å². The highest BCUT2D eigenvalue weighted by Crippen LogP contribution is 2.28. The fourth-order valence-corrected chi connectivity index (χ4v) is 3.59. The van der Waals surface area contributed by atoms with Gasteiger partial charge in [-0.2, -0.15) is 0 Å². The fourth-order valence-electron chi connectivity index (χ4n) is 2.28. The van der Waals surface area contributed by atoms with Gasteiger partial charge in [0.15, 0.2) is 0 Å². The molecule has 0 radical (unpaired) electrons. The SMILES string of the molecule is Cc1ccc(S(=O)(=O)NCC(CC(=O)O)C(C)(C)C)c(C)c1. The van der Waals surface area contributed by atoms with Gasteiger partial charge in [-0.05, 0) is 36.8 Å². The minimum atomic E-state index is -3.64. The number of hydrogen-bond donors (Lipinski definition) is 2. The predicted octanol–water partition coefficient (Wildman–Crippen LogP) is 2.72. The van der Waals surface area contributed by atoms with Crippen LogP contribution in [0.4, 0.5) is 0 Å². The lowest BCUT2D eigenvalue weighted by molar-refractivity contribution is -0.139. The van der Waals surface area contributed by atoms with Gasteiger partial charge in [0.2, 0.25) is 10.0 Å². The summed E-state index contributed by atoms with van der Waals surface area (Å²) in [5, 5.41) is 8.99. The van der Waals surface area contributed by atoms with Crippen LogP contribution >= 0.6 is 0 Å². The molecule has 0 spiro atoms. The monoisotopic (exact) mass is 327 g/mol. The van der Waals surface area contributed by atoms with Gasteiger partial charge < -0.3 is 5.11 Å². The quantitative estimate of drug-likeness (QED) is 0.841. The Morgan fingerprint density at radius 2 is 1.86 bits per heavy atom. The lowest BCUT2D eigenvalue weighted by Gasteiger charge is -2.29. The summed E-state index contributed by atoms with van der Waals surface area (Å²) in [6, 6.07) is 5.14. The van der Waals surface area contributed by atoms with Crippen molar-refractivity contribution in [1.29, 1.82) is 0 Å². The molecule has 0 bridgehead atoms. The zero-order valence-corrected chi connectivity index (χ0v) is 14.6. The first-order chi connectivity index (χ1) is 9.93. The van der Waals surface area contributed by atoms with Crippen LogP contribution in [0.5, 0.6) is 0 Å².